The first-order valence-corrected chi connectivity index (χ1v) is 10.0. The second kappa shape index (κ2) is 7.34. The zero-order valence-electron chi connectivity index (χ0n) is 16.4. The second-order valence-electron chi connectivity index (χ2n) is 7.65. The summed E-state index contributed by atoms with van der Waals surface area (Å²) >= 11 is 0. The normalized spacial score (nSPS) is 16.4. The maximum atomic E-state index is 13.1. The van der Waals surface area contributed by atoms with Crippen LogP contribution in [0.3, 0.4) is 0 Å². The summed E-state index contributed by atoms with van der Waals surface area (Å²) < 4.78 is 11.1. The van der Waals surface area contributed by atoms with E-state index in [1.54, 1.807) is 0 Å². The van der Waals surface area contributed by atoms with Crippen LogP contribution in [-0.2, 0) is 9.47 Å². The van der Waals surface area contributed by atoms with Crippen molar-refractivity contribution in [1.29, 1.82) is 0 Å². The van der Waals surface area contributed by atoms with Crippen LogP contribution in [0.5, 0.6) is 0 Å². The Balaban J connectivity index is 1.69. The zero-order chi connectivity index (χ0) is 19.8. The molecule has 0 bridgehead atoms. The van der Waals surface area contributed by atoms with Crippen molar-refractivity contribution in [2.75, 3.05) is 13.2 Å². The molecule has 1 aliphatic rings. The number of carbonyl (C=O) groups excluding carboxylic acids is 1. The molecule has 0 radical (unpaired) electrons. The molecule has 29 heavy (non-hydrogen) atoms. The molecule has 0 aliphatic carbocycles. The third-order valence-corrected chi connectivity index (χ3v) is 5.65. The molecule has 0 aromatic heterocycles. The minimum absolute atomic E-state index is 0.167. The van der Waals surface area contributed by atoms with E-state index in [-0.39, 0.29) is 12.1 Å². The third-order valence-electron chi connectivity index (χ3n) is 5.65. The van der Waals surface area contributed by atoms with Crippen LogP contribution in [0.4, 0.5) is 0 Å². The molecule has 1 aliphatic heterocycles. The van der Waals surface area contributed by atoms with Gasteiger partial charge in [-0.3, -0.25) is 0 Å². The molecule has 1 heterocycles. The Labute approximate surface area is 169 Å². The summed E-state index contributed by atoms with van der Waals surface area (Å²) in [5, 5.41) is 4.49. The van der Waals surface area contributed by atoms with Crippen LogP contribution in [0.15, 0.2) is 72.8 Å². The van der Waals surface area contributed by atoms with Crippen LogP contribution in [0.1, 0.15) is 22.3 Å². The fourth-order valence-corrected chi connectivity index (χ4v) is 4.10. The zero-order valence-corrected chi connectivity index (χ0v) is 16.4. The van der Waals surface area contributed by atoms with E-state index in [2.05, 4.69) is 43.3 Å². The number of hydrogen-bond acceptors (Lipinski definition) is 3. The number of hydrogen-bond donors (Lipinski definition) is 0. The highest BCUT2D eigenvalue weighted by molar-refractivity contribution is 6.04. The number of fused-ring (bicyclic) bond motifs is 2. The fourth-order valence-electron chi connectivity index (χ4n) is 4.10. The van der Waals surface area contributed by atoms with Gasteiger partial charge < -0.3 is 9.47 Å². The summed E-state index contributed by atoms with van der Waals surface area (Å²) in [6, 6.07) is 24.8. The minimum Gasteiger partial charge on any atom is -0.456 e. The Hall–Kier alpha value is -3.17. The largest absolute Gasteiger partial charge is 0.456 e. The second-order valence-corrected chi connectivity index (χ2v) is 7.65. The van der Waals surface area contributed by atoms with Crippen LogP contribution in [-0.4, -0.2) is 25.3 Å². The fraction of sp³-hybridized carbons (Fsp3) is 0.192. The Morgan fingerprint density at radius 2 is 1.45 bits per heavy atom. The Morgan fingerprint density at radius 3 is 2.07 bits per heavy atom. The molecule has 0 amide bonds. The third kappa shape index (κ3) is 3.39. The predicted octanol–water partition coefficient (Wildman–Crippen LogP) is 5.91. The number of carbonyl (C=O) groups is 1. The molecular weight excluding hydrogens is 360 g/mol. The van der Waals surface area contributed by atoms with Crippen molar-refractivity contribution >= 4 is 27.5 Å². The number of rotatable bonds is 3. The van der Waals surface area contributed by atoms with Gasteiger partial charge in [-0.1, -0.05) is 54.6 Å². The van der Waals surface area contributed by atoms with Gasteiger partial charge in [0.1, 0.15) is 6.10 Å². The quantitative estimate of drug-likeness (QED) is 0.413. The van der Waals surface area contributed by atoms with E-state index < -0.39 is 0 Å². The topological polar surface area (TPSA) is 35.5 Å². The van der Waals surface area contributed by atoms with Crippen LogP contribution < -0.4 is 0 Å². The first kappa shape index (κ1) is 17.9. The number of benzene rings is 4. The van der Waals surface area contributed by atoms with Crippen LogP contribution in [0.25, 0.3) is 32.7 Å². The van der Waals surface area contributed by atoms with Gasteiger partial charge in [0, 0.05) is 6.42 Å². The van der Waals surface area contributed by atoms with Crippen molar-refractivity contribution in [3.05, 3.63) is 83.9 Å². The molecule has 0 N–H and O–H groups in total. The van der Waals surface area contributed by atoms with Gasteiger partial charge in [0.15, 0.2) is 0 Å². The van der Waals surface area contributed by atoms with Gasteiger partial charge in [-0.2, -0.15) is 0 Å². The SMILES string of the molecule is Cc1cc2ccccc2cc1-c1cc2ccccc2cc1C(=O)OC1CCOC1. The lowest BCUT2D eigenvalue weighted by atomic mass is 9.91. The van der Waals surface area contributed by atoms with E-state index in [1.165, 1.54) is 5.39 Å². The van der Waals surface area contributed by atoms with E-state index in [9.17, 15) is 4.79 Å². The van der Waals surface area contributed by atoms with Gasteiger partial charge >= 0.3 is 5.97 Å². The molecule has 0 saturated carbocycles. The minimum atomic E-state index is -0.284. The molecule has 1 unspecified atom stereocenters. The molecular formula is C26H22O3. The smallest absolute Gasteiger partial charge is 0.339 e. The average Bonchev–Trinajstić information content (AvgIpc) is 3.25. The van der Waals surface area contributed by atoms with E-state index in [1.807, 2.05) is 36.4 Å². The van der Waals surface area contributed by atoms with Crippen molar-refractivity contribution in [1.82, 2.24) is 0 Å². The highest BCUT2D eigenvalue weighted by Gasteiger charge is 2.23. The Kier molecular flexibility index (Phi) is 4.53. The number of ether oxygens (including phenoxy) is 2. The van der Waals surface area contributed by atoms with Crippen molar-refractivity contribution in [2.24, 2.45) is 0 Å². The summed E-state index contributed by atoms with van der Waals surface area (Å²) in [6.07, 6.45) is 0.587. The van der Waals surface area contributed by atoms with E-state index in [0.29, 0.717) is 18.8 Å². The molecule has 3 nitrogen and oxygen atoms in total. The van der Waals surface area contributed by atoms with Gasteiger partial charge in [0.25, 0.3) is 0 Å². The van der Waals surface area contributed by atoms with Gasteiger partial charge in [-0.15, -0.1) is 0 Å². The first-order valence-electron chi connectivity index (χ1n) is 10.0. The Bertz CT molecular complexity index is 1220. The summed E-state index contributed by atoms with van der Waals surface area (Å²) in [5.41, 5.74) is 3.71. The van der Waals surface area contributed by atoms with Gasteiger partial charge in [0.2, 0.25) is 0 Å². The summed E-state index contributed by atoms with van der Waals surface area (Å²) in [4.78, 5) is 13.1. The lowest BCUT2D eigenvalue weighted by molar-refractivity contribution is 0.0272. The predicted molar refractivity (Wildman–Crippen MR) is 116 cm³/mol. The van der Waals surface area contributed by atoms with E-state index in [0.717, 1.165) is 39.3 Å². The molecule has 144 valence electrons. The maximum absolute atomic E-state index is 13.1. The highest BCUT2D eigenvalue weighted by atomic mass is 16.6. The standard InChI is InChI=1S/C26H22O3/c1-17-12-18-6-2-3-7-19(18)13-23(17)24-14-20-8-4-5-9-21(20)15-25(24)26(27)29-22-10-11-28-16-22/h2-9,12-15,22H,10-11,16H2,1H3. The molecule has 5 rings (SSSR count). The maximum Gasteiger partial charge on any atom is 0.339 e. The number of aryl methyl sites for hydroxylation is 1. The van der Waals surface area contributed by atoms with Crippen molar-refractivity contribution in [3.8, 4) is 11.1 Å². The molecule has 4 aromatic carbocycles. The van der Waals surface area contributed by atoms with Gasteiger partial charge in [-0.05, 0) is 63.4 Å². The van der Waals surface area contributed by atoms with Gasteiger partial charge in [0.05, 0.1) is 18.8 Å². The lowest BCUT2D eigenvalue weighted by Gasteiger charge is -2.16. The van der Waals surface area contributed by atoms with Crippen molar-refractivity contribution in [2.45, 2.75) is 19.4 Å². The molecule has 1 atom stereocenters. The van der Waals surface area contributed by atoms with E-state index >= 15 is 0 Å². The molecule has 1 fully saturated rings. The summed E-state index contributed by atoms with van der Waals surface area (Å²) in [6.45, 7) is 3.22. The molecule has 0 spiro atoms. The average molecular weight is 382 g/mol. The number of esters is 1. The van der Waals surface area contributed by atoms with Crippen molar-refractivity contribution < 1.29 is 14.3 Å². The van der Waals surface area contributed by atoms with Crippen molar-refractivity contribution in [3.63, 3.8) is 0 Å². The van der Waals surface area contributed by atoms with E-state index in [4.69, 9.17) is 9.47 Å². The lowest BCUT2D eigenvalue weighted by Crippen LogP contribution is -2.18. The van der Waals surface area contributed by atoms with Gasteiger partial charge in [-0.25, -0.2) is 4.79 Å². The first-order chi connectivity index (χ1) is 14.2. The van der Waals surface area contributed by atoms with Crippen LogP contribution in [0.2, 0.25) is 0 Å². The molecule has 4 aromatic rings. The Morgan fingerprint density at radius 1 is 0.862 bits per heavy atom. The van der Waals surface area contributed by atoms with Crippen LogP contribution >= 0.6 is 0 Å². The molecule has 1 saturated heterocycles. The summed E-state index contributed by atoms with van der Waals surface area (Å²) in [5.74, 6) is -0.284. The monoisotopic (exact) mass is 382 g/mol. The summed E-state index contributed by atoms with van der Waals surface area (Å²) in [7, 11) is 0. The van der Waals surface area contributed by atoms with Crippen LogP contribution in [0, 0.1) is 6.92 Å². The highest BCUT2D eigenvalue weighted by Crippen LogP contribution is 2.34. The molecule has 3 heteroatoms.